The largest absolute Gasteiger partial charge is 0.486 e. The first-order chi connectivity index (χ1) is 12.3. The van der Waals surface area contributed by atoms with E-state index in [1.807, 2.05) is 23.1 Å². The highest BCUT2D eigenvalue weighted by Crippen LogP contribution is 2.30. The van der Waals surface area contributed by atoms with E-state index in [1.165, 1.54) is 12.8 Å². The van der Waals surface area contributed by atoms with Gasteiger partial charge in [0.2, 0.25) is 5.91 Å². The highest BCUT2D eigenvalue weighted by atomic mass is 16.6. The number of amides is 1. The fourth-order valence-electron chi connectivity index (χ4n) is 3.89. The molecule has 0 radical (unpaired) electrons. The van der Waals surface area contributed by atoms with Crippen molar-refractivity contribution in [2.24, 2.45) is 0 Å². The number of ether oxygens (including phenoxy) is 3. The van der Waals surface area contributed by atoms with E-state index in [2.05, 4.69) is 0 Å². The Balaban J connectivity index is 1.27. The lowest BCUT2D eigenvalue weighted by molar-refractivity contribution is -0.906. The Morgan fingerprint density at radius 1 is 1.12 bits per heavy atom. The summed E-state index contributed by atoms with van der Waals surface area (Å²) in [5, 5.41) is 0. The molecule has 0 saturated carbocycles. The number of hydrogen-bond acceptors (Lipinski definition) is 4. The molecule has 0 bridgehead atoms. The van der Waals surface area contributed by atoms with E-state index in [9.17, 15) is 4.79 Å². The monoisotopic (exact) mass is 347 g/mol. The van der Waals surface area contributed by atoms with Crippen LogP contribution in [0.4, 0.5) is 0 Å². The lowest BCUT2D eigenvalue weighted by Crippen LogP contribution is -3.15. The van der Waals surface area contributed by atoms with Gasteiger partial charge in [0.25, 0.3) is 0 Å². The van der Waals surface area contributed by atoms with Crippen LogP contribution in [0.5, 0.6) is 11.5 Å². The molecule has 1 aromatic rings. The summed E-state index contributed by atoms with van der Waals surface area (Å²) in [4.78, 5) is 16.2. The zero-order valence-corrected chi connectivity index (χ0v) is 14.7. The number of piperazine rings is 1. The van der Waals surface area contributed by atoms with E-state index in [4.69, 9.17) is 14.2 Å². The van der Waals surface area contributed by atoms with Crippen LogP contribution in [-0.2, 0) is 16.0 Å². The highest BCUT2D eigenvalue weighted by Gasteiger charge is 2.27. The van der Waals surface area contributed by atoms with Gasteiger partial charge in [0.05, 0.1) is 32.6 Å². The van der Waals surface area contributed by atoms with Gasteiger partial charge in [0, 0.05) is 6.61 Å². The summed E-state index contributed by atoms with van der Waals surface area (Å²) >= 11 is 0. The SMILES string of the molecule is O=C(Cc1ccc2c(c1)OCCO2)N1CC[NH+](C[C@H]2CCCO2)CC1. The number of quaternary nitrogens is 1. The molecule has 136 valence electrons. The second kappa shape index (κ2) is 7.62. The molecule has 1 N–H and O–H groups in total. The van der Waals surface area contributed by atoms with Crippen LogP contribution >= 0.6 is 0 Å². The molecule has 3 heterocycles. The zero-order valence-electron chi connectivity index (χ0n) is 14.7. The molecule has 1 aromatic carbocycles. The number of rotatable bonds is 4. The number of fused-ring (bicyclic) bond motifs is 1. The van der Waals surface area contributed by atoms with Gasteiger partial charge in [-0.2, -0.15) is 0 Å². The van der Waals surface area contributed by atoms with E-state index in [1.54, 1.807) is 4.90 Å². The fraction of sp³-hybridized carbons (Fsp3) is 0.632. The summed E-state index contributed by atoms with van der Waals surface area (Å²) in [6.07, 6.45) is 3.24. The zero-order chi connectivity index (χ0) is 17.1. The third-order valence-electron chi connectivity index (χ3n) is 5.33. The summed E-state index contributed by atoms with van der Waals surface area (Å²) in [5.74, 6) is 1.73. The van der Waals surface area contributed by atoms with Crippen molar-refractivity contribution >= 4 is 5.91 Å². The Hall–Kier alpha value is -1.79. The molecule has 25 heavy (non-hydrogen) atoms. The van der Waals surface area contributed by atoms with Crippen molar-refractivity contribution in [3.05, 3.63) is 23.8 Å². The van der Waals surface area contributed by atoms with Crippen molar-refractivity contribution in [3.63, 3.8) is 0 Å². The Morgan fingerprint density at radius 2 is 1.92 bits per heavy atom. The van der Waals surface area contributed by atoms with Gasteiger partial charge in [0.1, 0.15) is 25.9 Å². The molecule has 1 amide bonds. The van der Waals surface area contributed by atoms with Gasteiger partial charge >= 0.3 is 0 Å². The standard InChI is InChI=1S/C19H26N2O4/c22-19(13-15-3-4-17-18(12-15)25-11-10-24-17)21-7-5-20(6-8-21)14-16-2-1-9-23-16/h3-4,12,16H,1-2,5-11,13-14H2/p+1/t16-/m1/s1. The quantitative estimate of drug-likeness (QED) is 0.827. The normalized spacial score (nSPS) is 23.7. The summed E-state index contributed by atoms with van der Waals surface area (Å²) in [7, 11) is 0. The smallest absolute Gasteiger partial charge is 0.227 e. The van der Waals surface area contributed by atoms with Crippen LogP contribution in [0.2, 0.25) is 0 Å². The maximum Gasteiger partial charge on any atom is 0.227 e. The third-order valence-corrected chi connectivity index (χ3v) is 5.33. The van der Waals surface area contributed by atoms with Crippen LogP contribution in [0, 0.1) is 0 Å². The Morgan fingerprint density at radius 3 is 2.68 bits per heavy atom. The average molecular weight is 347 g/mol. The number of carbonyl (C=O) groups excluding carboxylic acids is 1. The molecule has 2 fully saturated rings. The lowest BCUT2D eigenvalue weighted by atomic mass is 10.1. The third kappa shape index (κ3) is 4.07. The minimum absolute atomic E-state index is 0.202. The Kier molecular flexibility index (Phi) is 5.08. The van der Waals surface area contributed by atoms with Crippen LogP contribution < -0.4 is 14.4 Å². The predicted octanol–water partition coefficient (Wildman–Crippen LogP) is -0.0936. The lowest BCUT2D eigenvalue weighted by Gasteiger charge is -2.33. The molecule has 0 unspecified atom stereocenters. The van der Waals surface area contributed by atoms with Crippen molar-refractivity contribution in [2.75, 3.05) is 52.5 Å². The number of nitrogens with one attached hydrogen (secondary N) is 1. The van der Waals surface area contributed by atoms with Crippen LogP contribution in [-0.4, -0.2) is 69.5 Å². The van der Waals surface area contributed by atoms with E-state index in [0.717, 1.165) is 56.4 Å². The van der Waals surface area contributed by atoms with Crippen LogP contribution in [0.3, 0.4) is 0 Å². The van der Waals surface area contributed by atoms with Crippen molar-refractivity contribution in [1.82, 2.24) is 4.90 Å². The molecule has 2 saturated heterocycles. The number of benzene rings is 1. The molecule has 0 aromatic heterocycles. The second-order valence-electron chi connectivity index (χ2n) is 7.12. The van der Waals surface area contributed by atoms with Gasteiger partial charge < -0.3 is 24.0 Å². The van der Waals surface area contributed by atoms with E-state index >= 15 is 0 Å². The fourth-order valence-corrected chi connectivity index (χ4v) is 3.89. The van der Waals surface area contributed by atoms with Crippen LogP contribution in [0.1, 0.15) is 18.4 Å². The summed E-state index contributed by atoms with van der Waals surface area (Å²) in [6.45, 7) is 6.88. The number of carbonyl (C=O) groups is 1. The Bertz CT molecular complexity index is 607. The van der Waals surface area contributed by atoms with Gasteiger partial charge in [-0.05, 0) is 30.5 Å². The molecule has 1 atom stereocenters. The maximum atomic E-state index is 12.6. The van der Waals surface area contributed by atoms with Crippen molar-refractivity contribution in [2.45, 2.75) is 25.4 Å². The average Bonchev–Trinajstić information content (AvgIpc) is 3.15. The molecule has 3 aliphatic rings. The van der Waals surface area contributed by atoms with E-state index in [-0.39, 0.29) is 5.91 Å². The molecule has 3 aliphatic heterocycles. The molecule has 0 aliphatic carbocycles. The van der Waals surface area contributed by atoms with Crippen molar-refractivity contribution < 1.29 is 23.9 Å². The van der Waals surface area contributed by atoms with Crippen molar-refractivity contribution in [1.29, 1.82) is 0 Å². The molecule has 6 heteroatoms. The highest BCUT2D eigenvalue weighted by molar-refractivity contribution is 5.79. The topological polar surface area (TPSA) is 52.4 Å². The van der Waals surface area contributed by atoms with Crippen LogP contribution in [0.15, 0.2) is 18.2 Å². The minimum Gasteiger partial charge on any atom is -0.486 e. The minimum atomic E-state index is 0.202. The van der Waals surface area contributed by atoms with Gasteiger partial charge in [0.15, 0.2) is 11.5 Å². The summed E-state index contributed by atoms with van der Waals surface area (Å²) in [6, 6.07) is 5.80. The first-order valence-electron chi connectivity index (χ1n) is 9.39. The summed E-state index contributed by atoms with van der Waals surface area (Å²) < 4.78 is 16.9. The van der Waals surface area contributed by atoms with Gasteiger partial charge in [-0.3, -0.25) is 4.79 Å². The molecule has 6 nitrogen and oxygen atoms in total. The first kappa shape index (κ1) is 16.7. The van der Waals surface area contributed by atoms with Crippen LogP contribution in [0.25, 0.3) is 0 Å². The van der Waals surface area contributed by atoms with E-state index < -0.39 is 0 Å². The Labute approximate surface area is 148 Å². The first-order valence-corrected chi connectivity index (χ1v) is 9.39. The van der Waals surface area contributed by atoms with Gasteiger partial charge in [-0.15, -0.1) is 0 Å². The summed E-state index contributed by atoms with van der Waals surface area (Å²) in [5.41, 5.74) is 0.989. The maximum absolute atomic E-state index is 12.6. The number of hydrogen-bond donors (Lipinski definition) is 1. The molecule has 0 spiro atoms. The van der Waals surface area contributed by atoms with Crippen molar-refractivity contribution in [3.8, 4) is 11.5 Å². The van der Waals surface area contributed by atoms with Gasteiger partial charge in [-0.1, -0.05) is 6.07 Å². The van der Waals surface area contributed by atoms with E-state index in [0.29, 0.717) is 25.7 Å². The second-order valence-corrected chi connectivity index (χ2v) is 7.12. The molecular formula is C19H27N2O4+. The number of nitrogens with zero attached hydrogens (tertiary/aromatic N) is 1. The predicted molar refractivity (Wildman–Crippen MR) is 92.3 cm³/mol. The molecule has 4 rings (SSSR count). The molecular weight excluding hydrogens is 320 g/mol. The van der Waals surface area contributed by atoms with Gasteiger partial charge in [-0.25, -0.2) is 0 Å².